The molecule has 7 heteroatoms. The van der Waals surface area contributed by atoms with Crippen molar-refractivity contribution in [3.8, 4) is 11.5 Å². The number of thioether (sulfide) groups is 1. The number of benzene rings is 2. The highest BCUT2D eigenvalue weighted by atomic mass is 32.2. The third kappa shape index (κ3) is 4.50. The molecule has 3 rings (SSSR count). The van der Waals surface area contributed by atoms with Crippen molar-refractivity contribution in [2.24, 2.45) is 0 Å². The molecule has 1 aliphatic heterocycles. The van der Waals surface area contributed by atoms with Gasteiger partial charge in [-0.05, 0) is 30.2 Å². The van der Waals surface area contributed by atoms with Gasteiger partial charge < -0.3 is 19.7 Å². The largest absolute Gasteiger partial charge is 0.493 e. The second-order valence-electron chi connectivity index (χ2n) is 6.88. The number of nitrogens with zero attached hydrogens (tertiary/aromatic N) is 1. The first kappa shape index (κ1) is 21.0. The number of amides is 2. The highest BCUT2D eigenvalue weighted by Gasteiger charge is 2.41. The van der Waals surface area contributed by atoms with Crippen LogP contribution in [0.25, 0.3) is 0 Å². The molecule has 29 heavy (non-hydrogen) atoms. The molecular weight excluding hydrogens is 388 g/mol. The van der Waals surface area contributed by atoms with E-state index in [1.165, 1.54) is 6.92 Å². The van der Waals surface area contributed by atoms with E-state index in [0.717, 1.165) is 11.1 Å². The minimum Gasteiger partial charge on any atom is -0.493 e. The predicted molar refractivity (Wildman–Crippen MR) is 114 cm³/mol. The van der Waals surface area contributed by atoms with Crippen molar-refractivity contribution in [3.63, 3.8) is 0 Å². The normalized spacial score (nSPS) is 19.5. The summed E-state index contributed by atoms with van der Waals surface area (Å²) in [6.07, 6.45) is 0. The summed E-state index contributed by atoms with van der Waals surface area (Å²) in [5.74, 6) is 1.47. The van der Waals surface area contributed by atoms with Crippen molar-refractivity contribution in [2.75, 3.05) is 20.0 Å². The van der Waals surface area contributed by atoms with Crippen LogP contribution in [-0.2, 0) is 9.59 Å². The Morgan fingerprint density at radius 2 is 1.79 bits per heavy atom. The lowest BCUT2D eigenvalue weighted by Gasteiger charge is -2.29. The van der Waals surface area contributed by atoms with Gasteiger partial charge in [0.15, 0.2) is 11.5 Å². The van der Waals surface area contributed by atoms with Crippen LogP contribution in [0.1, 0.15) is 36.4 Å². The van der Waals surface area contributed by atoms with Gasteiger partial charge in [-0.15, -0.1) is 11.8 Å². The monoisotopic (exact) mass is 414 g/mol. The highest BCUT2D eigenvalue weighted by molar-refractivity contribution is 7.99. The minimum atomic E-state index is -0.526. The van der Waals surface area contributed by atoms with Gasteiger partial charge in [-0.2, -0.15) is 0 Å². The molecule has 0 radical (unpaired) electrons. The number of methoxy groups -OCH3 is 2. The fraction of sp³-hybridized carbons (Fsp3) is 0.364. The Balaban J connectivity index is 1.80. The average Bonchev–Trinajstić information content (AvgIpc) is 3.19. The summed E-state index contributed by atoms with van der Waals surface area (Å²) in [4.78, 5) is 27.1. The topological polar surface area (TPSA) is 67.9 Å². The van der Waals surface area contributed by atoms with Gasteiger partial charge in [0.25, 0.3) is 0 Å². The molecule has 6 nitrogen and oxygen atoms in total. The van der Waals surface area contributed by atoms with E-state index in [1.54, 1.807) is 30.9 Å². The third-order valence-corrected chi connectivity index (χ3v) is 6.34. The maximum Gasteiger partial charge on any atom is 0.244 e. The zero-order valence-corrected chi connectivity index (χ0v) is 17.9. The average molecular weight is 415 g/mol. The number of carbonyl (C=O) groups is 2. The van der Waals surface area contributed by atoms with E-state index in [2.05, 4.69) is 5.32 Å². The van der Waals surface area contributed by atoms with E-state index in [4.69, 9.17) is 9.47 Å². The standard InChI is InChI=1S/C22H26N2O4S/c1-14(16-8-6-5-7-9-16)23-21(26)18-13-29-22(24(18)15(2)25)17-10-11-19(27-3)20(12-17)28-4/h5-12,14,18,22H,13H2,1-4H3,(H,23,26)/t14-,18+,22+/m0/s1. The maximum atomic E-state index is 13.0. The van der Waals surface area contributed by atoms with Gasteiger partial charge in [-0.25, -0.2) is 0 Å². The van der Waals surface area contributed by atoms with E-state index < -0.39 is 6.04 Å². The maximum absolute atomic E-state index is 13.0. The third-order valence-electron chi connectivity index (χ3n) is 5.02. The number of nitrogens with one attached hydrogen (secondary N) is 1. The van der Waals surface area contributed by atoms with E-state index in [1.807, 2.05) is 55.5 Å². The number of hydrogen-bond acceptors (Lipinski definition) is 5. The molecule has 0 bridgehead atoms. The fourth-order valence-electron chi connectivity index (χ4n) is 3.49. The molecule has 2 aromatic rings. The second kappa shape index (κ2) is 9.22. The summed E-state index contributed by atoms with van der Waals surface area (Å²) >= 11 is 1.57. The van der Waals surface area contributed by atoms with E-state index >= 15 is 0 Å². The first-order chi connectivity index (χ1) is 14.0. The van der Waals surface area contributed by atoms with Crippen molar-refractivity contribution in [1.82, 2.24) is 10.2 Å². The van der Waals surface area contributed by atoms with Gasteiger partial charge in [0, 0.05) is 12.7 Å². The molecule has 2 aromatic carbocycles. The highest BCUT2D eigenvalue weighted by Crippen LogP contribution is 2.43. The first-order valence-electron chi connectivity index (χ1n) is 9.44. The van der Waals surface area contributed by atoms with Crippen LogP contribution in [0.3, 0.4) is 0 Å². The lowest BCUT2D eigenvalue weighted by atomic mass is 10.1. The summed E-state index contributed by atoms with van der Waals surface area (Å²) in [6, 6.07) is 14.7. The Morgan fingerprint density at radius 3 is 2.41 bits per heavy atom. The molecule has 0 unspecified atom stereocenters. The Hall–Kier alpha value is -2.67. The summed E-state index contributed by atoms with van der Waals surface area (Å²) < 4.78 is 10.7. The van der Waals surface area contributed by atoms with Crippen molar-refractivity contribution in [3.05, 3.63) is 59.7 Å². The first-order valence-corrected chi connectivity index (χ1v) is 10.5. The van der Waals surface area contributed by atoms with Crippen LogP contribution < -0.4 is 14.8 Å². The van der Waals surface area contributed by atoms with Gasteiger partial charge in [-0.1, -0.05) is 36.4 Å². The number of carbonyl (C=O) groups excluding carboxylic acids is 2. The van der Waals surface area contributed by atoms with Gasteiger partial charge in [0.1, 0.15) is 11.4 Å². The van der Waals surface area contributed by atoms with Gasteiger partial charge in [-0.3, -0.25) is 9.59 Å². The Bertz CT molecular complexity index is 874. The summed E-state index contributed by atoms with van der Waals surface area (Å²) in [5.41, 5.74) is 1.92. The molecule has 0 saturated carbocycles. The van der Waals surface area contributed by atoms with Crippen molar-refractivity contribution in [2.45, 2.75) is 31.3 Å². The van der Waals surface area contributed by atoms with Crippen LogP contribution in [0.5, 0.6) is 11.5 Å². The van der Waals surface area contributed by atoms with Crippen molar-refractivity contribution in [1.29, 1.82) is 0 Å². The minimum absolute atomic E-state index is 0.136. The quantitative estimate of drug-likeness (QED) is 0.783. The summed E-state index contributed by atoms with van der Waals surface area (Å²) in [6.45, 7) is 3.44. The Labute approximate surface area is 175 Å². The van der Waals surface area contributed by atoms with Crippen LogP contribution >= 0.6 is 11.8 Å². The Kier molecular flexibility index (Phi) is 6.69. The van der Waals surface area contributed by atoms with Crippen LogP contribution in [0.15, 0.2) is 48.5 Å². The fourth-order valence-corrected chi connectivity index (χ4v) is 4.96. The van der Waals surface area contributed by atoms with Crippen molar-refractivity contribution >= 4 is 23.6 Å². The number of ether oxygens (including phenoxy) is 2. The molecule has 1 saturated heterocycles. The van der Waals surface area contributed by atoms with Crippen LogP contribution in [0.4, 0.5) is 0 Å². The molecule has 154 valence electrons. The number of rotatable bonds is 6. The van der Waals surface area contributed by atoms with Crippen molar-refractivity contribution < 1.29 is 19.1 Å². The molecule has 0 aromatic heterocycles. The summed E-state index contributed by atoms with van der Waals surface area (Å²) in [5, 5.41) is 2.79. The predicted octanol–water partition coefficient (Wildman–Crippen LogP) is 3.54. The van der Waals surface area contributed by atoms with Crippen LogP contribution in [-0.4, -0.2) is 42.7 Å². The molecule has 0 spiro atoms. The smallest absolute Gasteiger partial charge is 0.244 e. The van der Waals surface area contributed by atoms with Crippen LogP contribution in [0.2, 0.25) is 0 Å². The van der Waals surface area contributed by atoms with Gasteiger partial charge >= 0.3 is 0 Å². The molecule has 1 fully saturated rings. The molecule has 1 aliphatic rings. The van der Waals surface area contributed by atoms with E-state index in [9.17, 15) is 9.59 Å². The second-order valence-corrected chi connectivity index (χ2v) is 8.00. The molecule has 1 N–H and O–H groups in total. The Morgan fingerprint density at radius 1 is 1.10 bits per heavy atom. The molecule has 2 amide bonds. The zero-order valence-electron chi connectivity index (χ0n) is 17.0. The van der Waals surface area contributed by atoms with E-state index in [-0.39, 0.29) is 23.2 Å². The molecule has 1 heterocycles. The van der Waals surface area contributed by atoms with Gasteiger partial charge in [0.2, 0.25) is 11.8 Å². The number of hydrogen-bond donors (Lipinski definition) is 1. The zero-order chi connectivity index (χ0) is 21.0. The lowest BCUT2D eigenvalue weighted by Crippen LogP contribution is -2.47. The molecular formula is C22H26N2O4S. The van der Waals surface area contributed by atoms with Gasteiger partial charge in [0.05, 0.1) is 20.3 Å². The van der Waals surface area contributed by atoms with Crippen LogP contribution in [0, 0.1) is 0 Å². The molecule has 0 aliphatic carbocycles. The SMILES string of the molecule is COc1ccc([C@H]2SC[C@H](C(=O)N[C@@H](C)c3ccccc3)N2C(C)=O)cc1OC. The summed E-state index contributed by atoms with van der Waals surface area (Å²) in [7, 11) is 3.16. The molecule has 3 atom stereocenters. The van der Waals surface area contributed by atoms with E-state index in [0.29, 0.717) is 17.3 Å². The lowest BCUT2D eigenvalue weighted by molar-refractivity contribution is -0.138.